The number of benzene rings is 1. The molecule has 3 nitrogen and oxygen atoms in total. The summed E-state index contributed by atoms with van der Waals surface area (Å²) < 4.78 is 15.5. The van der Waals surface area contributed by atoms with Gasteiger partial charge in [0.2, 0.25) is 5.75 Å². The van der Waals surface area contributed by atoms with E-state index in [2.05, 4.69) is 0 Å². The maximum Gasteiger partial charge on any atom is 0.203 e. The summed E-state index contributed by atoms with van der Waals surface area (Å²) in [7, 11) is 5.82. The summed E-state index contributed by atoms with van der Waals surface area (Å²) >= 11 is 0. The van der Waals surface area contributed by atoms with E-state index < -0.39 is 0 Å². The minimum absolute atomic E-state index is 0.657. The summed E-state index contributed by atoms with van der Waals surface area (Å²) in [4.78, 5) is 0. The molecule has 1 aromatic carbocycles. The monoisotopic (exact) mass is 198 g/mol. The van der Waals surface area contributed by atoms with Crippen LogP contribution in [-0.2, 0) is 0 Å². The molecule has 0 spiro atoms. The van der Waals surface area contributed by atoms with Crippen LogP contribution in [0.15, 0.2) is 12.1 Å². The molecule has 72 valence electrons. The minimum Gasteiger partial charge on any atom is -0.493 e. The summed E-state index contributed by atoms with van der Waals surface area (Å²) in [6.45, 7) is 0. The van der Waals surface area contributed by atoms with Crippen LogP contribution >= 0.6 is 0 Å². The molecule has 0 saturated heterocycles. The largest absolute Gasteiger partial charge is 0.493 e. The third-order valence-corrected chi connectivity index (χ3v) is 2.39. The van der Waals surface area contributed by atoms with Crippen molar-refractivity contribution in [1.29, 1.82) is 0 Å². The van der Waals surface area contributed by atoms with Crippen LogP contribution < -0.4 is 19.4 Å². The second kappa shape index (κ2) is 4.18. The maximum atomic E-state index is 5.18. The Morgan fingerprint density at radius 3 is 1.69 bits per heavy atom. The van der Waals surface area contributed by atoms with Crippen molar-refractivity contribution in [1.82, 2.24) is 0 Å². The first kappa shape index (κ1) is 9.92. The molecule has 0 aliphatic heterocycles. The van der Waals surface area contributed by atoms with E-state index >= 15 is 0 Å². The molecule has 0 bridgehead atoms. The molecule has 1 aromatic rings. The van der Waals surface area contributed by atoms with E-state index in [1.165, 1.54) is 5.19 Å². The van der Waals surface area contributed by atoms with Gasteiger partial charge < -0.3 is 14.2 Å². The van der Waals surface area contributed by atoms with Gasteiger partial charge in [-0.1, -0.05) is 5.19 Å². The van der Waals surface area contributed by atoms with Gasteiger partial charge in [0.05, 0.1) is 21.3 Å². The van der Waals surface area contributed by atoms with Crippen LogP contribution in [0.5, 0.6) is 17.2 Å². The molecule has 0 fully saturated rings. The normalized spacial score (nSPS) is 9.77. The van der Waals surface area contributed by atoms with Crippen molar-refractivity contribution in [2.75, 3.05) is 21.3 Å². The quantitative estimate of drug-likeness (QED) is 0.624. The molecule has 0 aliphatic carbocycles. The third-order valence-electron chi connectivity index (χ3n) is 1.81. The van der Waals surface area contributed by atoms with E-state index in [9.17, 15) is 0 Å². The molecule has 0 N–H and O–H groups in total. The van der Waals surface area contributed by atoms with Gasteiger partial charge >= 0.3 is 0 Å². The first-order chi connectivity index (χ1) is 6.22. The predicted octanol–water partition coefficient (Wildman–Crippen LogP) is -0.297. The fraction of sp³-hybridized carbons (Fsp3) is 0.333. The minimum atomic E-state index is 0.657. The second-order valence-corrected chi connectivity index (χ2v) is 3.86. The molecule has 0 heterocycles. The Kier molecular flexibility index (Phi) is 3.19. The lowest BCUT2D eigenvalue weighted by molar-refractivity contribution is 0.325. The molecule has 0 saturated carbocycles. The zero-order valence-corrected chi connectivity index (χ0v) is 10.4. The van der Waals surface area contributed by atoms with Crippen molar-refractivity contribution >= 4 is 15.4 Å². The lowest BCUT2D eigenvalue weighted by Gasteiger charge is -2.12. The third kappa shape index (κ3) is 1.95. The highest BCUT2D eigenvalue weighted by molar-refractivity contribution is 6.32. The molecule has 13 heavy (non-hydrogen) atoms. The van der Waals surface area contributed by atoms with Crippen LogP contribution in [0.1, 0.15) is 0 Å². The molecule has 0 amide bonds. The fourth-order valence-corrected chi connectivity index (χ4v) is 1.74. The molecule has 4 heteroatoms. The summed E-state index contributed by atoms with van der Waals surface area (Å²) in [6, 6.07) is 3.93. The first-order valence-corrected chi connectivity index (χ1v) is 4.99. The lowest BCUT2D eigenvalue weighted by atomic mass is 10.3. The van der Waals surface area contributed by atoms with Gasteiger partial charge in [-0.3, -0.25) is 0 Å². The SMILES string of the molecule is COc1cc([SiH3])cc(OC)c1OC. The van der Waals surface area contributed by atoms with Gasteiger partial charge in [-0.25, -0.2) is 0 Å². The Balaban J connectivity index is 3.25. The second-order valence-electron chi connectivity index (χ2n) is 2.70. The highest BCUT2D eigenvalue weighted by Crippen LogP contribution is 2.35. The Hall–Kier alpha value is -1.16. The highest BCUT2D eigenvalue weighted by atomic mass is 28.1. The van der Waals surface area contributed by atoms with Crippen LogP contribution in [0.3, 0.4) is 0 Å². The first-order valence-electron chi connectivity index (χ1n) is 3.99. The van der Waals surface area contributed by atoms with Crippen molar-refractivity contribution in [3.63, 3.8) is 0 Å². The number of rotatable bonds is 3. The standard InChI is InChI=1S/C9H14O3Si/c1-10-7-4-6(13)5-8(11-2)9(7)12-3/h4-5H,1-3,13H3. The van der Waals surface area contributed by atoms with Gasteiger partial charge in [0.15, 0.2) is 11.5 Å². The Morgan fingerprint density at radius 2 is 1.38 bits per heavy atom. The van der Waals surface area contributed by atoms with E-state index in [-0.39, 0.29) is 0 Å². The molecule has 0 aliphatic rings. The number of hydrogen-bond acceptors (Lipinski definition) is 3. The Morgan fingerprint density at radius 1 is 0.923 bits per heavy atom. The van der Waals surface area contributed by atoms with Crippen molar-refractivity contribution < 1.29 is 14.2 Å². The van der Waals surface area contributed by atoms with Crippen molar-refractivity contribution in [3.05, 3.63) is 12.1 Å². The van der Waals surface area contributed by atoms with E-state index in [0.29, 0.717) is 5.75 Å². The zero-order chi connectivity index (χ0) is 9.84. The predicted molar refractivity (Wildman–Crippen MR) is 55.7 cm³/mol. The average Bonchev–Trinajstić information content (AvgIpc) is 2.16. The average molecular weight is 198 g/mol. The lowest BCUT2D eigenvalue weighted by Crippen LogP contribution is -2.05. The van der Waals surface area contributed by atoms with E-state index in [1.807, 2.05) is 12.1 Å². The Bertz CT molecular complexity index is 274. The maximum absolute atomic E-state index is 5.18. The number of ether oxygens (including phenoxy) is 3. The van der Waals surface area contributed by atoms with E-state index in [1.54, 1.807) is 21.3 Å². The van der Waals surface area contributed by atoms with Crippen molar-refractivity contribution in [2.24, 2.45) is 0 Å². The molecular weight excluding hydrogens is 184 g/mol. The summed E-state index contributed by atoms with van der Waals surface area (Å²) in [6.07, 6.45) is 0. The van der Waals surface area contributed by atoms with Crippen LogP contribution in [0.2, 0.25) is 0 Å². The molecule has 0 unspecified atom stereocenters. The molecular formula is C9H14O3Si. The van der Waals surface area contributed by atoms with Gasteiger partial charge in [-0.05, 0) is 12.1 Å². The van der Waals surface area contributed by atoms with Crippen LogP contribution in [0, 0.1) is 0 Å². The van der Waals surface area contributed by atoms with E-state index in [4.69, 9.17) is 14.2 Å². The van der Waals surface area contributed by atoms with Gasteiger partial charge in [0.25, 0.3) is 0 Å². The molecule has 1 rings (SSSR count). The number of hydrogen-bond donors (Lipinski definition) is 0. The Labute approximate surface area is 81.0 Å². The number of methoxy groups -OCH3 is 3. The van der Waals surface area contributed by atoms with Crippen LogP contribution in [0.4, 0.5) is 0 Å². The summed E-state index contributed by atoms with van der Waals surface area (Å²) in [5, 5.41) is 1.22. The van der Waals surface area contributed by atoms with Crippen LogP contribution in [0.25, 0.3) is 0 Å². The van der Waals surface area contributed by atoms with Crippen molar-refractivity contribution in [3.8, 4) is 17.2 Å². The molecule has 0 aromatic heterocycles. The van der Waals surface area contributed by atoms with Gasteiger partial charge in [-0.2, -0.15) is 0 Å². The summed E-state index contributed by atoms with van der Waals surface area (Å²) in [5.74, 6) is 2.11. The smallest absolute Gasteiger partial charge is 0.203 e. The highest BCUT2D eigenvalue weighted by Gasteiger charge is 2.10. The van der Waals surface area contributed by atoms with Gasteiger partial charge in [-0.15, -0.1) is 0 Å². The van der Waals surface area contributed by atoms with Crippen molar-refractivity contribution in [2.45, 2.75) is 0 Å². The zero-order valence-electron chi connectivity index (χ0n) is 8.38. The summed E-state index contributed by atoms with van der Waals surface area (Å²) in [5.41, 5.74) is 0. The van der Waals surface area contributed by atoms with Gasteiger partial charge in [0, 0.05) is 10.2 Å². The van der Waals surface area contributed by atoms with Crippen LogP contribution in [-0.4, -0.2) is 31.6 Å². The fourth-order valence-electron chi connectivity index (χ4n) is 1.21. The topological polar surface area (TPSA) is 27.7 Å². The van der Waals surface area contributed by atoms with E-state index in [0.717, 1.165) is 21.7 Å². The molecule has 0 atom stereocenters. The molecule has 0 radical (unpaired) electrons. The van der Waals surface area contributed by atoms with Gasteiger partial charge in [0.1, 0.15) is 0 Å².